The Morgan fingerprint density at radius 1 is 1.50 bits per heavy atom. The average molecular weight is 272 g/mol. The number of hydrogen-bond acceptors (Lipinski definition) is 4. The fraction of sp³-hybridized carbons (Fsp3) is 0.769. The van der Waals surface area contributed by atoms with Crippen LogP contribution in [-0.4, -0.2) is 26.6 Å². The van der Waals surface area contributed by atoms with Crippen LogP contribution < -0.4 is 0 Å². The number of Topliss-reactive ketones (excluding diaryl/α,β-unsaturated/α-hetero) is 1. The van der Waals surface area contributed by atoms with Crippen LogP contribution in [0.2, 0.25) is 0 Å². The third-order valence-electron chi connectivity index (χ3n) is 4.95. The lowest BCUT2D eigenvalue weighted by Gasteiger charge is -2.35. The van der Waals surface area contributed by atoms with Crippen molar-refractivity contribution in [1.29, 1.82) is 0 Å². The fourth-order valence-corrected chi connectivity index (χ4v) is 4.26. The standard InChI is InChI=1S/C13H20O4S/c1-4-7-18(15,16)17-9-13-6-5-10(8-11(13)14)12(13,2)3/h4,10H,1,5-9H2,2-3H3. The summed E-state index contributed by atoms with van der Waals surface area (Å²) in [6, 6.07) is 0. The van der Waals surface area contributed by atoms with Crippen LogP contribution in [0.3, 0.4) is 0 Å². The molecule has 2 unspecified atom stereocenters. The summed E-state index contributed by atoms with van der Waals surface area (Å²) in [5.74, 6) is 0.328. The normalized spacial score (nSPS) is 33.9. The van der Waals surface area contributed by atoms with Crippen LogP contribution in [0, 0.1) is 16.7 Å². The Labute approximate surface area is 109 Å². The number of rotatable bonds is 5. The molecule has 0 aromatic heterocycles. The summed E-state index contributed by atoms with van der Waals surface area (Å²) < 4.78 is 28.2. The van der Waals surface area contributed by atoms with Gasteiger partial charge in [0.1, 0.15) is 5.78 Å². The van der Waals surface area contributed by atoms with E-state index in [9.17, 15) is 13.2 Å². The third-order valence-corrected chi connectivity index (χ3v) is 6.07. The van der Waals surface area contributed by atoms with Crippen molar-refractivity contribution in [2.75, 3.05) is 12.4 Å². The van der Waals surface area contributed by atoms with Crippen molar-refractivity contribution >= 4 is 15.9 Å². The Hall–Kier alpha value is -0.680. The van der Waals surface area contributed by atoms with Gasteiger partial charge in [-0.25, -0.2) is 0 Å². The van der Waals surface area contributed by atoms with Gasteiger partial charge in [-0.1, -0.05) is 19.9 Å². The molecule has 0 amide bonds. The molecule has 0 radical (unpaired) electrons. The lowest BCUT2D eigenvalue weighted by atomic mass is 9.69. The SMILES string of the molecule is C=CCS(=O)(=O)OCC12CCC(CC1=O)C2(C)C. The molecule has 0 heterocycles. The van der Waals surface area contributed by atoms with Gasteiger partial charge in [-0.3, -0.25) is 8.98 Å². The van der Waals surface area contributed by atoms with Crippen molar-refractivity contribution in [1.82, 2.24) is 0 Å². The molecule has 2 fully saturated rings. The van der Waals surface area contributed by atoms with Crippen LogP contribution in [-0.2, 0) is 19.1 Å². The molecule has 0 aromatic rings. The van der Waals surface area contributed by atoms with Gasteiger partial charge in [-0.15, -0.1) is 6.58 Å². The molecule has 0 N–H and O–H groups in total. The number of carbonyl (C=O) groups is 1. The summed E-state index contributed by atoms with van der Waals surface area (Å²) in [7, 11) is -3.59. The van der Waals surface area contributed by atoms with E-state index in [1.54, 1.807) is 0 Å². The van der Waals surface area contributed by atoms with Crippen molar-refractivity contribution in [3.63, 3.8) is 0 Å². The zero-order valence-electron chi connectivity index (χ0n) is 10.9. The summed E-state index contributed by atoms with van der Waals surface area (Å²) in [5.41, 5.74) is -0.764. The first-order valence-corrected chi connectivity index (χ1v) is 7.84. The molecule has 0 aliphatic heterocycles. The van der Waals surface area contributed by atoms with Crippen molar-refractivity contribution in [2.45, 2.75) is 33.1 Å². The second kappa shape index (κ2) is 4.17. The van der Waals surface area contributed by atoms with E-state index in [4.69, 9.17) is 4.18 Å². The van der Waals surface area contributed by atoms with Gasteiger partial charge in [0, 0.05) is 6.42 Å². The van der Waals surface area contributed by atoms with Gasteiger partial charge in [0.25, 0.3) is 10.1 Å². The molecule has 0 aromatic carbocycles. The van der Waals surface area contributed by atoms with Gasteiger partial charge >= 0.3 is 0 Å². The second-order valence-electron chi connectivity index (χ2n) is 5.94. The maximum Gasteiger partial charge on any atom is 0.270 e. The maximum absolute atomic E-state index is 12.2. The van der Waals surface area contributed by atoms with Crippen LogP contribution in [0.25, 0.3) is 0 Å². The van der Waals surface area contributed by atoms with Crippen LogP contribution >= 0.6 is 0 Å². The van der Waals surface area contributed by atoms with Gasteiger partial charge in [0.15, 0.2) is 0 Å². The van der Waals surface area contributed by atoms with E-state index in [0.29, 0.717) is 12.3 Å². The zero-order valence-corrected chi connectivity index (χ0v) is 11.8. The first-order chi connectivity index (χ1) is 8.25. The van der Waals surface area contributed by atoms with Crippen LogP contribution in [0.5, 0.6) is 0 Å². The minimum absolute atomic E-state index is 0.00843. The lowest BCUT2D eigenvalue weighted by Crippen LogP contribution is -2.41. The van der Waals surface area contributed by atoms with Crippen molar-refractivity contribution in [3.8, 4) is 0 Å². The topological polar surface area (TPSA) is 60.4 Å². The molecule has 0 saturated heterocycles. The van der Waals surface area contributed by atoms with Crippen molar-refractivity contribution in [2.24, 2.45) is 16.7 Å². The summed E-state index contributed by atoms with van der Waals surface area (Å²) in [4.78, 5) is 12.2. The highest BCUT2D eigenvalue weighted by atomic mass is 32.2. The molecule has 2 aliphatic rings. The van der Waals surface area contributed by atoms with E-state index in [-0.39, 0.29) is 23.6 Å². The highest BCUT2D eigenvalue weighted by molar-refractivity contribution is 7.86. The number of ketones is 1. The molecule has 102 valence electrons. The number of hydrogen-bond donors (Lipinski definition) is 0. The maximum atomic E-state index is 12.2. The summed E-state index contributed by atoms with van der Waals surface area (Å²) in [5, 5.41) is 0. The van der Waals surface area contributed by atoms with Gasteiger partial charge in [0.05, 0.1) is 17.8 Å². The van der Waals surface area contributed by atoms with Gasteiger partial charge < -0.3 is 0 Å². The molecule has 5 heteroatoms. The first kappa shape index (κ1) is 13.7. The van der Waals surface area contributed by atoms with Crippen LogP contribution in [0.15, 0.2) is 12.7 Å². The smallest absolute Gasteiger partial charge is 0.270 e. The quantitative estimate of drug-likeness (QED) is 0.566. The van der Waals surface area contributed by atoms with E-state index in [0.717, 1.165) is 12.8 Å². The van der Waals surface area contributed by atoms with E-state index in [1.165, 1.54) is 6.08 Å². The minimum Gasteiger partial charge on any atom is -0.299 e. The summed E-state index contributed by atoms with van der Waals surface area (Å²) >= 11 is 0. The predicted octanol–water partition coefficient (Wildman–Crippen LogP) is 1.91. The Balaban J connectivity index is 2.17. The summed E-state index contributed by atoms with van der Waals surface area (Å²) in [6.07, 6.45) is 3.60. The molecule has 2 saturated carbocycles. The Morgan fingerprint density at radius 2 is 2.17 bits per heavy atom. The molecule has 2 aliphatic carbocycles. The Bertz CT molecular complexity index is 477. The number of fused-ring (bicyclic) bond motifs is 2. The molecule has 2 rings (SSSR count). The minimum atomic E-state index is -3.59. The molecule has 18 heavy (non-hydrogen) atoms. The van der Waals surface area contributed by atoms with E-state index in [2.05, 4.69) is 20.4 Å². The van der Waals surface area contributed by atoms with Gasteiger partial charge in [-0.2, -0.15) is 8.42 Å². The average Bonchev–Trinajstić information content (AvgIpc) is 2.60. The monoisotopic (exact) mass is 272 g/mol. The largest absolute Gasteiger partial charge is 0.299 e. The number of carbonyl (C=O) groups excluding carboxylic acids is 1. The van der Waals surface area contributed by atoms with Crippen LogP contribution in [0.1, 0.15) is 33.1 Å². The molecular formula is C13H20O4S. The third kappa shape index (κ3) is 1.84. The van der Waals surface area contributed by atoms with Crippen LogP contribution in [0.4, 0.5) is 0 Å². The van der Waals surface area contributed by atoms with Crippen molar-refractivity contribution in [3.05, 3.63) is 12.7 Å². The molecule has 2 bridgehead atoms. The Kier molecular flexibility index (Phi) is 3.18. The highest BCUT2D eigenvalue weighted by Crippen LogP contribution is 2.63. The summed E-state index contributed by atoms with van der Waals surface area (Å²) in [6.45, 7) is 7.49. The van der Waals surface area contributed by atoms with E-state index >= 15 is 0 Å². The molecule has 2 atom stereocenters. The lowest BCUT2D eigenvalue weighted by molar-refractivity contribution is -0.131. The molecule has 4 nitrogen and oxygen atoms in total. The zero-order chi connectivity index (χ0) is 13.6. The highest BCUT2D eigenvalue weighted by Gasteiger charge is 2.64. The second-order valence-corrected chi connectivity index (χ2v) is 7.63. The Morgan fingerprint density at radius 3 is 2.61 bits per heavy atom. The molecule has 0 spiro atoms. The van der Waals surface area contributed by atoms with Gasteiger partial charge in [-0.05, 0) is 24.2 Å². The van der Waals surface area contributed by atoms with Gasteiger partial charge in [0.2, 0.25) is 0 Å². The van der Waals surface area contributed by atoms with E-state index in [1.807, 2.05) is 0 Å². The molecular weight excluding hydrogens is 252 g/mol. The van der Waals surface area contributed by atoms with Crippen molar-refractivity contribution < 1.29 is 17.4 Å². The first-order valence-electron chi connectivity index (χ1n) is 6.26. The fourth-order valence-electron chi connectivity index (χ4n) is 3.49. The predicted molar refractivity (Wildman–Crippen MR) is 68.5 cm³/mol. The van der Waals surface area contributed by atoms with E-state index < -0.39 is 15.5 Å².